The van der Waals surface area contributed by atoms with Crippen LogP contribution in [0.3, 0.4) is 0 Å². The molecule has 11 heavy (non-hydrogen) atoms. The van der Waals surface area contributed by atoms with E-state index in [2.05, 4.69) is 0 Å². The van der Waals surface area contributed by atoms with Gasteiger partial charge < -0.3 is 4.74 Å². The largest absolute Gasteiger partial charge is 0.381 e. The van der Waals surface area contributed by atoms with Crippen LogP contribution in [0.4, 0.5) is 0 Å². The minimum absolute atomic E-state index is 0.594. The van der Waals surface area contributed by atoms with E-state index < -0.39 is 11.1 Å². The molecule has 0 bridgehead atoms. The zero-order valence-electron chi connectivity index (χ0n) is 6.75. The van der Waals surface area contributed by atoms with Crippen molar-refractivity contribution in [2.75, 3.05) is 26.1 Å². The summed E-state index contributed by atoms with van der Waals surface area (Å²) in [4.78, 5) is 0. The van der Waals surface area contributed by atoms with E-state index >= 15 is 0 Å². The van der Waals surface area contributed by atoms with Gasteiger partial charge >= 0.3 is 0 Å². The molecule has 1 rings (SSSR count). The van der Waals surface area contributed by atoms with Gasteiger partial charge in [0.2, 0.25) is 0 Å². The maximum absolute atomic E-state index is 10.5. The van der Waals surface area contributed by atoms with Crippen LogP contribution in [0.5, 0.6) is 0 Å². The number of ether oxygens (including phenoxy) is 1. The van der Waals surface area contributed by atoms with Crippen LogP contribution < -0.4 is 0 Å². The monoisotopic (exact) mass is 178 g/mol. The van der Waals surface area contributed by atoms with Crippen LogP contribution in [0.25, 0.3) is 0 Å². The van der Waals surface area contributed by atoms with Crippen molar-refractivity contribution in [1.29, 1.82) is 0 Å². The van der Waals surface area contributed by atoms with Gasteiger partial charge in [0.15, 0.2) is 11.1 Å². The number of hydrogen-bond acceptors (Lipinski definition) is 3. The summed E-state index contributed by atoms with van der Waals surface area (Å²) in [6, 6.07) is 0. The van der Waals surface area contributed by atoms with Gasteiger partial charge in [-0.2, -0.15) is 0 Å². The molecule has 0 N–H and O–H groups in total. The van der Waals surface area contributed by atoms with Gasteiger partial charge in [-0.15, -0.1) is 0 Å². The predicted octanol–water partition coefficient (Wildman–Crippen LogP) is 0.723. The fraction of sp³-hybridized carbons (Fsp3) is 1.00. The van der Waals surface area contributed by atoms with Gasteiger partial charge in [-0.3, -0.25) is 4.18 Å². The zero-order valence-corrected chi connectivity index (χ0v) is 7.56. The first-order valence-electron chi connectivity index (χ1n) is 3.83. The Bertz CT molecular complexity index is 132. The summed E-state index contributed by atoms with van der Waals surface area (Å²) in [6.07, 6.45) is 3.64. The lowest BCUT2D eigenvalue weighted by atomic mass is 10.1. The average Bonchev–Trinajstić information content (AvgIpc) is 2.39. The van der Waals surface area contributed by atoms with Crippen LogP contribution in [0.2, 0.25) is 0 Å². The lowest BCUT2D eigenvalue weighted by molar-refractivity contribution is 0.179. The third-order valence-electron chi connectivity index (χ3n) is 1.80. The molecule has 3 nitrogen and oxygen atoms in total. The lowest BCUT2D eigenvalue weighted by Gasteiger charge is -2.04. The summed E-state index contributed by atoms with van der Waals surface area (Å²) in [6.45, 7) is 2.32. The molecule has 1 saturated heterocycles. The highest BCUT2D eigenvalue weighted by Gasteiger charge is 2.14. The summed E-state index contributed by atoms with van der Waals surface area (Å²) in [5, 5.41) is 0. The molecule has 1 fully saturated rings. The van der Waals surface area contributed by atoms with Gasteiger partial charge in [-0.25, -0.2) is 4.21 Å². The van der Waals surface area contributed by atoms with Crippen LogP contribution in [0.1, 0.15) is 12.8 Å². The Morgan fingerprint density at radius 1 is 1.73 bits per heavy atom. The van der Waals surface area contributed by atoms with Crippen molar-refractivity contribution in [2.45, 2.75) is 12.8 Å². The molecule has 0 radical (unpaired) electrons. The highest BCUT2D eigenvalue weighted by molar-refractivity contribution is 7.79. The maximum Gasteiger partial charge on any atom is 0.152 e. The Morgan fingerprint density at radius 3 is 3.09 bits per heavy atom. The summed E-state index contributed by atoms with van der Waals surface area (Å²) in [5.41, 5.74) is 0. The van der Waals surface area contributed by atoms with Crippen LogP contribution in [-0.2, 0) is 20.0 Å². The van der Waals surface area contributed by atoms with E-state index in [1.807, 2.05) is 0 Å². The normalized spacial score (nSPS) is 27.2. The zero-order chi connectivity index (χ0) is 8.10. The van der Waals surface area contributed by atoms with Crippen molar-refractivity contribution in [2.24, 2.45) is 5.92 Å². The smallest absolute Gasteiger partial charge is 0.152 e. The van der Waals surface area contributed by atoms with E-state index in [9.17, 15) is 4.21 Å². The Balaban J connectivity index is 1.98. The first-order valence-corrected chi connectivity index (χ1v) is 5.32. The van der Waals surface area contributed by atoms with E-state index in [-0.39, 0.29) is 0 Å². The molecule has 0 aliphatic carbocycles. The molecule has 4 heteroatoms. The molecule has 66 valence electrons. The van der Waals surface area contributed by atoms with Crippen LogP contribution in [0.15, 0.2) is 0 Å². The lowest BCUT2D eigenvalue weighted by Crippen LogP contribution is -2.05. The van der Waals surface area contributed by atoms with E-state index in [1.54, 1.807) is 6.26 Å². The van der Waals surface area contributed by atoms with Crippen LogP contribution in [-0.4, -0.2) is 30.3 Å². The molecule has 1 heterocycles. The summed E-state index contributed by atoms with van der Waals surface area (Å²) in [5.74, 6) is 0.624. The Hall–Kier alpha value is 0.0700. The Kier molecular flexibility index (Phi) is 4.04. The molecule has 0 saturated carbocycles. The van der Waals surface area contributed by atoms with Gasteiger partial charge in [0.1, 0.15) is 0 Å². The molecule has 1 unspecified atom stereocenters. The molecule has 0 amide bonds. The van der Waals surface area contributed by atoms with Gasteiger partial charge in [-0.05, 0) is 18.8 Å². The summed E-state index contributed by atoms with van der Waals surface area (Å²) >= 11 is -1.11. The van der Waals surface area contributed by atoms with Crippen molar-refractivity contribution in [3.63, 3.8) is 0 Å². The van der Waals surface area contributed by atoms with E-state index in [4.69, 9.17) is 8.92 Å². The molecule has 0 spiro atoms. The minimum Gasteiger partial charge on any atom is -0.381 e. The van der Waals surface area contributed by atoms with E-state index in [0.29, 0.717) is 12.5 Å². The number of rotatable bonds is 4. The fourth-order valence-corrected chi connectivity index (χ4v) is 1.47. The quantitative estimate of drug-likeness (QED) is 0.636. The number of hydrogen-bond donors (Lipinski definition) is 0. The van der Waals surface area contributed by atoms with Crippen LogP contribution in [0, 0.1) is 5.92 Å². The minimum atomic E-state index is -1.11. The van der Waals surface area contributed by atoms with Gasteiger partial charge in [0.05, 0.1) is 6.61 Å². The second kappa shape index (κ2) is 4.85. The SMILES string of the molecule is CS(=O)OCC[C@H]1CCOC1. The third-order valence-corrected chi connectivity index (χ3v) is 2.30. The molecule has 1 aliphatic heterocycles. The highest BCUT2D eigenvalue weighted by atomic mass is 32.2. The van der Waals surface area contributed by atoms with E-state index in [0.717, 1.165) is 26.1 Å². The van der Waals surface area contributed by atoms with Crippen molar-refractivity contribution >= 4 is 11.1 Å². The summed E-state index contributed by atoms with van der Waals surface area (Å²) in [7, 11) is 0. The first-order chi connectivity index (χ1) is 5.29. The topological polar surface area (TPSA) is 35.5 Å². The van der Waals surface area contributed by atoms with Crippen molar-refractivity contribution < 1.29 is 13.1 Å². The van der Waals surface area contributed by atoms with Crippen LogP contribution >= 0.6 is 0 Å². The van der Waals surface area contributed by atoms with Crippen molar-refractivity contribution in [3.8, 4) is 0 Å². The Morgan fingerprint density at radius 2 is 2.55 bits per heavy atom. The molecule has 0 aromatic heterocycles. The molecular weight excluding hydrogens is 164 g/mol. The van der Waals surface area contributed by atoms with Crippen molar-refractivity contribution in [1.82, 2.24) is 0 Å². The standard InChI is InChI=1S/C7H14O3S/c1-11(8)10-5-3-7-2-4-9-6-7/h7H,2-6H2,1H3/t7-,11?/m1/s1. The molecular formula is C7H14O3S. The maximum atomic E-state index is 10.5. The molecule has 0 aromatic carbocycles. The highest BCUT2D eigenvalue weighted by Crippen LogP contribution is 2.15. The second-order valence-electron chi connectivity index (χ2n) is 2.74. The molecule has 0 aromatic rings. The predicted molar refractivity (Wildman–Crippen MR) is 43.6 cm³/mol. The Labute approximate surface area is 69.7 Å². The first kappa shape index (κ1) is 9.16. The second-order valence-corrected chi connectivity index (χ2v) is 3.78. The molecule has 1 aliphatic rings. The van der Waals surface area contributed by atoms with Gasteiger partial charge in [-0.1, -0.05) is 0 Å². The third kappa shape index (κ3) is 3.84. The van der Waals surface area contributed by atoms with Crippen molar-refractivity contribution in [3.05, 3.63) is 0 Å². The summed E-state index contributed by atoms with van der Waals surface area (Å²) < 4.78 is 20.6. The van der Waals surface area contributed by atoms with E-state index in [1.165, 1.54) is 0 Å². The van der Waals surface area contributed by atoms with Gasteiger partial charge in [0.25, 0.3) is 0 Å². The fourth-order valence-electron chi connectivity index (χ4n) is 1.14. The molecule has 2 atom stereocenters. The van der Waals surface area contributed by atoms with Gasteiger partial charge in [0, 0.05) is 19.5 Å². The average molecular weight is 178 g/mol.